The molecule has 2 aromatic rings. The highest BCUT2D eigenvalue weighted by atomic mass is 15.2. The Kier molecular flexibility index (Phi) is 3.92. The Labute approximate surface area is 115 Å². The zero-order chi connectivity index (χ0) is 14.2. The van der Waals surface area contributed by atoms with Crippen molar-refractivity contribution in [3.63, 3.8) is 0 Å². The summed E-state index contributed by atoms with van der Waals surface area (Å²) in [7, 11) is 4.15. The van der Waals surface area contributed by atoms with E-state index in [1.165, 1.54) is 11.1 Å². The van der Waals surface area contributed by atoms with Gasteiger partial charge >= 0.3 is 0 Å². The first kappa shape index (κ1) is 14.0. The molecular formula is C15H24N4. The quantitative estimate of drug-likeness (QED) is 0.918. The molecule has 4 heteroatoms. The first-order valence-corrected chi connectivity index (χ1v) is 6.80. The van der Waals surface area contributed by atoms with E-state index in [9.17, 15) is 0 Å². The SMILES string of the molecule is Cc1ccc2c(c1)nc(C(C)N(C)C)n2C(C)CN. The number of imidazole rings is 1. The minimum atomic E-state index is 0.255. The van der Waals surface area contributed by atoms with Crippen molar-refractivity contribution in [3.05, 3.63) is 29.6 Å². The van der Waals surface area contributed by atoms with Gasteiger partial charge in [-0.2, -0.15) is 0 Å². The highest BCUT2D eigenvalue weighted by Crippen LogP contribution is 2.27. The van der Waals surface area contributed by atoms with Crippen LogP contribution in [0, 0.1) is 6.92 Å². The van der Waals surface area contributed by atoms with Gasteiger partial charge in [-0.3, -0.25) is 4.90 Å². The number of aromatic nitrogens is 2. The molecule has 0 radical (unpaired) electrons. The summed E-state index contributed by atoms with van der Waals surface area (Å²) in [4.78, 5) is 7.00. The maximum Gasteiger partial charge on any atom is 0.127 e. The molecule has 0 aliphatic carbocycles. The van der Waals surface area contributed by atoms with E-state index in [0.717, 1.165) is 11.3 Å². The Bertz CT molecular complexity index is 571. The van der Waals surface area contributed by atoms with Gasteiger partial charge in [0.15, 0.2) is 0 Å². The van der Waals surface area contributed by atoms with Gasteiger partial charge < -0.3 is 10.3 Å². The van der Waals surface area contributed by atoms with E-state index in [4.69, 9.17) is 10.7 Å². The lowest BCUT2D eigenvalue weighted by molar-refractivity contribution is 0.297. The number of nitrogens with zero attached hydrogens (tertiary/aromatic N) is 3. The van der Waals surface area contributed by atoms with E-state index < -0.39 is 0 Å². The predicted octanol–water partition coefficient (Wildman–Crippen LogP) is 2.49. The Balaban J connectivity index is 2.67. The Morgan fingerprint density at radius 1 is 1.32 bits per heavy atom. The molecule has 19 heavy (non-hydrogen) atoms. The summed E-state index contributed by atoms with van der Waals surface area (Å²) in [5.74, 6) is 1.09. The van der Waals surface area contributed by atoms with Crippen LogP contribution in [0.25, 0.3) is 11.0 Å². The van der Waals surface area contributed by atoms with Crippen molar-refractivity contribution in [2.75, 3.05) is 20.6 Å². The molecular weight excluding hydrogens is 236 g/mol. The molecule has 1 aromatic carbocycles. The Morgan fingerprint density at radius 2 is 2.00 bits per heavy atom. The number of aryl methyl sites for hydroxylation is 1. The molecule has 0 fully saturated rings. The van der Waals surface area contributed by atoms with Gasteiger partial charge in [-0.1, -0.05) is 6.07 Å². The number of rotatable bonds is 4. The fourth-order valence-corrected chi connectivity index (χ4v) is 2.32. The largest absolute Gasteiger partial charge is 0.328 e. The topological polar surface area (TPSA) is 47.1 Å². The van der Waals surface area contributed by atoms with E-state index in [1.54, 1.807) is 0 Å². The van der Waals surface area contributed by atoms with Crippen LogP contribution in [0.2, 0.25) is 0 Å². The fraction of sp³-hybridized carbons (Fsp3) is 0.533. The van der Waals surface area contributed by atoms with Gasteiger partial charge in [0.1, 0.15) is 5.82 Å². The summed E-state index contributed by atoms with van der Waals surface area (Å²) < 4.78 is 2.28. The van der Waals surface area contributed by atoms with Crippen LogP contribution in [0.1, 0.15) is 37.3 Å². The normalized spacial score (nSPS) is 15.1. The summed E-state index contributed by atoms with van der Waals surface area (Å²) in [6.07, 6.45) is 0. The standard InChI is InChI=1S/C15H24N4/c1-10-6-7-14-13(8-10)17-15(12(3)18(4)5)19(14)11(2)9-16/h6-8,11-12H,9,16H2,1-5H3. The van der Waals surface area contributed by atoms with Crippen molar-refractivity contribution in [3.8, 4) is 0 Å². The zero-order valence-electron chi connectivity index (χ0n) is 12.5. The second kappa shape index (κ2) is 5.31. The summed E-state index contributed by atoms with van der Waals surface area (Å²) in [5, 5.41) is 0. The molecule has 0 saturated heterocycles. The maximum atomic E-state index is 5.87. The van der Waals surface area contributed by atoms with Crippen LogP contribution in [0.3, 0.4) is 0 Å². The van der Waals surface area contributed by atoms with Crippen LogP contribution in [-0.4, -0.2) is 35.1 Å². The highest BCUT2D eigenvalue weighted by Gasteiger charge is 2.20. The van der Waals surface area contributed by atoms with Gasteiger partial charge in [0.2, 0.25) is 0 Å². The molecule has 0 amide bonds. The molecule has 0 bridgehead atoms. The monoisotopic (exact) mass is 260 g/mol. The number of hydrogen-bond donors (Lipinski definition) is 1. The molecule has 0 spiro atoms. The average Bonchev–Trinajstić information content (AvgIpc) is 2.74. The number of hydrogen-bond acceptors (Lipinski definition) is 3. The summed E-state index contributed by atoms with van der Waals surface area (Å²) in [6, 6.07) is 6.94. The predicted molar refractivity (Wildman–Crippen MR) is 80.3 cm³/mol. The number of benzene rings is 1. The van der Waals surface area contributed by atoms with E-state index >= 15 is 0 Å². The minimum absolute atomic E-state index is 0.255. The molecule has 0 aliphatic rings. The highest BCUT2D eigenvalue weighted by molar-refractivity contribution is 5.77. The Hall–Kier alpha value is -1.39. The molecule has 104 valence electrons. The van der Waals surface area contributed by atoms with Gasteiger partial charge in [-0.25, -0.2) is 4.98 Å². The molecule has 1 heterocycles. The maximum absolute atomic E-state index is 5.87. The molecule has 2 atom stereocenters. The van der Waals surface area contributed by atoms with Crippen LogP contribution in [0.5, 0.6) is 0 Å². The van der Waals surface area contributed by atoms with Crippen LogP contribution in [0.15, 0.2) is 18.2 Å². The van der Waals surface area contributed by atoms with Crippen molar-refractivity contribution in [1.82, 2.24) is 14.5 Å². The molecule has 2 rings (SSSR count). The molecule has 2 N–H and O–H groups in total. The van der Waals surface area contributed by atoms with E-state index in [1.807, 2.05) is 0 Å². The van der Waals surface area contributed by atoms with Crippen molar-refractivity contribution in [1.29, 1.82) is 0 Å². The van der Waals surface area contributed by atoms with Gasteiger partial charge in [0, 0.05) is 12.6 Å². The van der Waals surface area contributed by atoms with Crippen LogP contribution < -0.4 is 5.73 Å². The van der Waals surface area contributed by atoms with Gasteiger partial charge in [-0.15, -0.1) is 0 Å². The average molecular weight is 260 g/mol. The molecule has 1 aromatic heterocycles. The summed E-state index contributed by atoms with van der Waals surface area (Å²) in [6.45, 7) is 7.03. The second-order valence-corrected chi connectivity index (χ2v) is 5.56. The molecule has 0 aliphatic heterocycles. The molecule has 0 saturated carbocycles. The van der Waals surface area contributed by atoms with E-state index in [2.05, 4.69) is 62.5 Å². The molecule has 2 unspecified atom stereocenters. The second-order valence-electron chi connectivity index (χ2n) is 5.56. The van der Waals surface area contributed by atoms with E-state index in [0.29, 0.717) is 6.54 Å². The lowest BCUT2D eigenvalue weighted by atomic mass is 10.2. The Morgan fingerprint density at radius 3 is 2.58 bits per heavy atom. The third-order valence-electron chi connectivity index (χ3n) is 3.80. The van der Waals surface area contributed by atoms with Crippen LogP contribution in [0.4, 0.5) is 0 Å². The lowest BCUT2D eigenvalue weighted by Crippen LogP contribution is -2.24. The summed E-state index contributed by atoms with van der Waals surface area (Å²) in [5.41, 5.74) is 9.34. The first-order chi connectivity index (χ1) is 8.95. The van der Waals surface area contributed by atoms with Gasteiger partial charge in [0.25, 0.3) is 0 Å². The van der Waals surface area contributed by atoms with Crippen molar-refractivity contribution in [2.24, 2.45) is 5.73 Å². The van der Waals surface area contributed by atoms with Crippen molar-refractivity contribution < 1.29 is 0 Å². The van der Waals surface area contributed by atoms with Gasteiger partial charge in [-0.05, 0) is 52.6 Å². The smallest absolute Gasteiger partial charge is 0.127 e. The summed E-state index contributed by atoms with van der Waals surface area (Å²) >= 11 is 0. The van der Waals surface area contributed by atoms with Gasteiger partial charge in [0.05, 0.1) is 17.1 Å². The first-order valence-electron chi connectivity index (χ1n) is 6.80. The van der Waals surface area contributed by atoms with Crippen LogP contribution in [-0.2, 0) is 0 Å². The third kappa shape index (κ3) is 2.51. The molecule has 4 nitrogen and oxygen atoms in total. The fourth-order valence-electron chi connectivity index (χ4n) is 2.32. The number of fused-ring (bicyclic) bond motifs is 1. The zero-order valence-corrected chi connectivity index (χ0v) is 12.5. The van der Waals surface area contributed by atoms with Crippen molar-refractivity contribution in [2.45, 2.75) is 32.9 Å². The third-order valence-corrected chi connectivity index (χ3v) is 3.80. The lowest BCUT2D eigenvalue weighted by Gasteiger charge is -2.23. The minimum Gasteiger partial charge on any atom is -0.328 e. The van der Waals surface area contributed by atoms with Crippen LogP contribution >= 0.6 is 0 Å². The van der Waals surface area contributed by atoms with Crippen molar-refractivity contribution >= 4 is 11.0 Å². The number of nitrogens with two attached hydrogens (primary N) is 1. The van der Waals surface area contributed by atoms with E-state index in [-0.39, 0.29) is 12.1 Å².